The molecule has 0 amide bonds. The fourth-order valence-electron chi connectivity index (χ4n) is 2.80. The third kappa shape index (κ3) is 4.72. The molecule has 128 valence electrons. The molecule has 0 aliphatic carbocycles. The number of carbonyl (C=O) groups is 1. The number of hydrogen-bond donors (Lipinski definition) is 1. The van der Waals surface area contributed by atoms with E-state index in [1.54, 1.807) is 7.05 Å². The Morgan fingerprint density at radius 1 is 1.30 bits per heavy atom. The summed E-state index contributed by atoms with van der Waals surface area (Å²) in [6.45, 7) is 4.38. The standard InChI is InChI=1S/C17H23F2NO3/c1-10(2)14-7-16(23-17(14)21)15(20-3)9-22-8-11-4-12(18)6-13(19)5-11/h4-6,10,14-16,20H,7-9H2,1-3H3/t14-,15-,16?/m0/s1. The summed E-state index contributed by atoms with van der Waals surface area (Å²) in [6, 6.07) is 3.15. The number of hydrogen-bond acceptors (Lipinski definition) is 4. The lowest BCUT2D eigenvalue weighted by molar-refractivity contribution is -0.146. The van der Waals surface area contributed by atoms with Gasteiger partial charge in [-0.3, -0.25) is 4.79 Å². The lowest BCUT2D eigenvalue weighted by atomic mass is 9.91. The van der Waals surface area contributed by atoms with Crippen LogP contribution in [-0.4, -0.2) is 31.8 Å². The summed E-state index contributed by atoms with van der Waals surface area (Å²) in [4.78, 5) is 11.8. The van der Waals surface area contributed by atoms with Gasteiger partial charge in [-0.2, -0.15) is 0 Å². The van der Waals surface area contributed by atoms with E-state index in [0.717, 1.165) is 6.07 Å². The van der Waals surface area contributed by atoms with Crippen molar-refractivity contribution in [3.63, 3.8) is 0 Å². The van der Waals surface area contributed by atoms with Gasteiger partial charge in [-0.1, -0.05) is 13.8 Å². The summed E-state index contributed by atoms with van der Waals surface area (Å²) in [6.07, 6.45) is 0.407. The van der Waals surface area contributed by atoms with Crippen LogP contribution in [0.15, 0.2) is 18.2 Å². The van der Waals surface area contributed by atoms with Crippen LogP contribution in [0.4, 0.5) is 8.78 Å². The number of benzene rings is 1. The Balaban J connectivity index is 1.87. The number of rotatable bonds is 7. The van der Waals surface area contributed by atoms with Gasteiger partial charge in [0.05, 0.1) is 25.2 Å². The SMILES string of the molecule is CN[C@@H](COCc1cc(F)cc(F)c1)C1C[C@@H](C(C)C)C(=O)O1. The van der Waals surface area contributed by atoms with Gasteiger partial charge >= 0.3 is 5.97 Å². The highest BCUT2D eigenvalue weighted by Gasteiger charge is 2.39. The number of halogens is 2. The lowest BCUT2D eigenvalue weighted by Gasteiger charge is -2.22. The number of esters is 1. The summed E-state index contributed by atoms with van der Waals surface area (Å²) in [5, 5.41) is 3.08. The third-order valence-electron chi connectivity index (χ3n) is 4.17. The van der Waals surface area contributed by atoms with Crippen LogP contribution in [0.5, 0.6) is 0 Å². The second-order valence-electron chi connectivity index (χ2n) is 6.25. The van der Waals surface area contributed by atoms with Gasteiger partial charge in [0.1, 0.15) is 17.7 Å². The summed E-state index contributed by atoms with van der Waals surface area (Å²) in [5.74, 6) is -1.27. The van der Waals surface area contributed by atoms with E-state index in [1.807, 2.05) is 13.8 Å². The van der Waals surface area contributed by atoms with E-state index in [2.05, 4.69) is 5.32 Å². The van der Waals surface area contributed by atoms with Gasteiger partial charge in [0.25, 0.3) is 0 Å². The molecule has 0 aromatic heterocycles. The molecule has 0 bridgehead atoms. The van der Waals surface area contributed by atoms with Crippen molar-refractivity contribution in [2.45, 2.75) is 39.0 Å². The van der Waals surface area contributed by atoms with Gasteiger partial charge in [0.15, 0.2) is 0 Å². The molecular formula is C17H23F2NO3. The first-order chi connectivity index (χ1) is 10.9. The maximum absolute atomic E-state index is 13.1. The summed E-state index contributed by atoms with van der Waals surface area (Å²) < 4.78 is 37.2. The van der Waals surface area contributed by atoms with Gasteiger partial charge in [-0.05, 0) is 37.1 Å². The zero-order chi connectivity index (χ0) is 17.0. The van der Waals surface area contributed by atoms with Crippen molar-refractivity contribution in [1.82, 2.24) is 5.32 Å². The maximum atomic E-state index is 13.1. The summed E-state index contributed by atoms with van der Waals surface area (Å²) >= 11 is 0. The minimum Gasteiger partial charge on any atom is -0.460 e. The fourth-order valence-corrected chi connectivity index (χ4v) is 2.80. The van der Waals surface area contributed by atoms with E-state index >= 15 is 0 Å². The van der Waals surface area contributed by atoms with Crippen LogP contribution in [0.3, 0.4) is 0 Å². The van der Waals surface area contributed by atoms with Crippen molar-refractivity contribution in [3.05, 3.63) is 35.4 Å². The maximum Gasteiger partial charge on any atom is 0.309 e. The molecule has 1 aliphatic rings. The summed E-state index contributed by atoms with van der Waals surface area (Å²) in [7, 11) is 1.77. The molecule has 0 saturated carbocycles. The molecule has 23 heavy (non-hydrogen) atoms. The normalized spacial score (nSPS) is 22.4. The third-order valence-corrected chi connectivity index (χ3v) is 4.17. The topological polar surface area (TPSA) is 47.6 Å². The second kappa shape index (κ2) is 7.84. The molecule has 1 aromatic rings. The molecular weight excluding hydrogens is 304 g/mol. The number of ether oxygens (including phenoxy) is 2. The second-order valence-corrected chi connectivity index (χ2v) is 6.25. The van der Waals surface area contributed by atoms with Gasteiger partial charge in [-0.15, -0.1) is 0 Å². The number of nitrogens with one attached hydrogen (secondary N) is 1. The Labute approximate surface area is 135 Å². The smallest absolute Gasteiger partial charge is 0.309 e. The average molecular weight is 327 g/mol. The van der Waals surface area contributed by atoms with Gasteiger partial charge in [0.2, 0.25) is 0 Å². The molecule has 1 aliphatic heterocycles. The number of likely N-dealkylation sites (N-methyl/N-ethyl adjacent to an activating group) is 1. The van der Waals surface area contributed by atoms with Crippen molar-refractivity contribution in [1.29, 1.82) is 0 Å². The number of cyclic esters (lactones) is 1. The first-order valence-electron chi connectivity index (χ1n) is 7.81. The fraction of sp³-hybridized carbons (Fsp3) is 0.588. The molecule has 1 fully saturated rings. The summed E-state index contributed by atoms with van der Waals surface area (Å²) in [5.41, 5.74) is 0.431. The van der Waals surface area contributed by atoms with E-state index < -0.39 is 11.6 Å². The van der Waals surface area contributed by atoms with Crippen molar-refractivity contribution in [2.24, 2.45) is 11.8 Å². The Bertz CT molecular complexity index is 530. The van der Waals surface area contributed by atoms with E-state index in [-0.39, 0.29) is 43.2 Å². The highest BCUT2D eigenvalue weighted by molar-refractivity contribution is 5.75. The van der Waals surface area contributed by atoms with Gasteiger partial charge in [0, 0.05) is 6.07 Å². The quantitative estimate of drug-likeness (QED) is 0.782. The van der Waals surface area contributed by atoms with Crippen LogP contribution in [0.25, 0.3) is 0 Å². The molecule has 1 saturated heterocycles. The zero-order valence-corrected chi connectivity index (χ0v) is 13.6. The van der Waals surface area contributed by atoms with Gasteiger partial charge in [-0.25, -0.2) is 8.78 Å². The Morgan fingerprint density at radius 2 is 1.96 bits per heavy atom. The predicted molar refractivity (Wildman–Crippen MR) is 81.7 cm³/mol. The largest absolute Gasteiger partial charge is 0.460 e. The van der Waals surface area contributed by atoms with E-state index in [0.29, 0.717) is 12.0 Å². The van der Waals surface area contributed by atoms with Crippen LogP contribution < -0.4 is 5.32 Å². The van der Waals surface area contributed by atoms with Crippen LogP contribution in [0, 0.1) is 23.5 Å². The monoisotopic (exact) mass is 327 g/mol. The molecule has 0 spiro atoms. The molecule has 2 rings (SSSR count). The molecule has 1 N–H and O–H groups in total. The minimum absolute atomic E-state index is 0.0897. The number of carbonyl (C=O) groups excluding carboxylic acids is 1. The van der Waals surface area contributed by atoms with Crippen LogP contribution >= 0.6 is 0 Å². The van der Waals surface area contributed by atoms with Crippen LogP contribution in [-0.2, 0) is 20.9 Å². The molecule has 3 atom stereocenters. The van der Waals surface area contributed by atoms with E-state index in [4.69, 9.17) is 9.47 Å². The first kappa shape index (κ1) is 17.8. The molecule has 1 aromatic carbocycles. The lowest BCUT2D eigenvalue weighted by Crippen LogP contribution is -2.41. The molecule has 4 nitrogen and oxygen atoms in total. The van der Waals surface area contributed by atoms with Gasteiger partial charge < -0.3 is 14.8 Å². The van der Waals surface area contributed by atoms with Crippen molar-refractivity contribution < 1.29 is 23.0 Å². The van der Waals surface area contributed by atoms with Crippen LogP contribution in [0.1, 0.15) is 25.8 Å². The molecule has 0 radical (unpaired) electrons. The predicted octanol–water partition coefficient (Wildman–Crippen LogP) is 2.66. The van der Waals surface area contributed by atoms with E-state index in [9.17, 15) is 13.6 Å². The highest BCUT2D eigenvalue weighted by atomic mass is 19.1. The Morgan fingerprint density at radius 3 is 2.48 bits per heavy atom. The van der Waals surface area contributed by atoms with E-state index in [1.165, 1.54) is 12.1 Å². The Hall–Kier alpha value is -1.53. The minimum atomic E-state index is -0.627. The van der Waals surface area contributed by atoms with Crippen LogP contribution in [0.2, 0.25) is 0 Å². The molecule has 6 heteroatoms. The molecule has 1 heterocycles. The van der Waals surface area contributed by atoms with Crippen molar-refractivity contribution >= 4 is 5.97 Å². The van der Waals surface area contributed by atoms with Crippen molar-refractivity contribution in [2.75, 3.05) is 13.7 Å². The highest BCUT2D eigenvalue weighted by Crippen LogP contribution is 2.29. The molecule has 1 unspecified atom stereocenters. The Kier molecular flexibility index (Phi) is 6.07. The average Bonchev–Trinajstić information content (AvgIpc) is 2.84. The first-order valence-corrected chi connectivity index (χ1v) is 7.81. The zero-order valence-electron chi connectivity index (χ0n) is 13.6. The van der Waals surface area contributed by atoms with Crippen molar-refractivity contribution in [3.8, 4) is 0 Å².